The maximum Gasteiger partial charge on any atom is 0.124 e. The summed E-state index contributed by atoms with van der Waals surface area (Å²) in [4.78, 5) is 1.08. The normalized spacial score (nSPS) is 12.7. The van der Waals surface area contributed by atoms with Crippen LogP contribution in [0, 0.1) is 5.82 Å². The molecule has 18 heavy (non-hydrogen) atoms. The van der Waals surface area contributed by atoms with Crippen molar-refractivity contribution in [3.8, 4) is 0 Å². The van der Waals surface area contributed by atoms with Gasteiger partial charge >= 0.3 is 0 Å². The molecule has 0 spiro atoms. The Labute approximate surface area is 123 Å². The number of rotatable bonds is 4. The maximum absolute atomic E-state index is 13.3. The summed E-state index contributed by atoms with van der Waals surface area (Å²) in [5.41, 5.74) is 0.936. The van der Waals surface area contributed by atoms with Gasteiger partial charge in [0.25, 0.3) is 0 Å². The number of likely N-dealkylation sites (N-methyl/N-ethyl adjacent to an activating group) is 1. The van der Waals surface area contributed by atoms with Crippen LogP contribution in [0.3, 0.4) is 0 Å². The van der Waals surface area contributed by atoms with Crippen LogP contribution in [0.15, 0.2) is 34.1 Å². The van der Waals surface area contributed by atoms with Crippen molar-refractivity contribution >= 4 is 38.9 Å². The van der Waals surface area contributed by atoms with E-state index in [1.165, 1.54) is 6.07 Å². The topological polar surface area (TPSA) is 12.0 Å². The summed E-state index contributed by atoms with van der Waals surface area (Å²) >= 11 is 11.0. The van der Waals surface area contributed by atoms with Crippen molar-refractivity contribution in [2.45, 2.75) is 12.5 Å². The molecule has 0 saturated heterocycles. The molecule has 1 nitrogen and oxygen atoms in total. The lowest BCUT2D eigenvalue weighted by Gasteiger charge is -2.15. The maximum atomic E-state index is 13.3. The summed E-state index contributed by atoms with van der Waals surface area (Å²) in [5, 5.41) is 5.94. The molecular formula is C13H12BrClFNS. The minimum absolute atomic E-state index is 0.103. The third-order valence-corrected chi connectivity index (χ3v) is 4.60. The molecule has 1 heterocycles. The van der Waals surface area contributed by atoms with Crippen molar-refractivity contribution in [2.24, 2.45) is 0 Å². The average molecular weight is 349 g/mol. The summed E-state index contributed by atoms with van der Waals surface area (Å²) in [6.45, 7) is 0. The fourth-order valence-electron chi connectivity index (χ4n) is 1.84. The van der Waals surface area contributed by atoms with E-state index in [2.05, 4.69) is 21.2 Å². The smallest absolute Gasteiger partial charge is 0.124 e. The van der Waals surface area contributed by atoms with Crippen molar-refractivity contribution in [2.75, 3.05) is 7.05 Å². The lowest BCUT2D eigenvalue weighted by atomic mass is 10.0. The minimum Gasteiger partial charge on any atom is -0.312 e. The van der Waals surface area contributed by atoms with Crippen molar-refractivity contribution in [3.63, 3.8) is 0 Å². The highest BCUT2D eigenvalue weighted by atomic mass is 79.9. The van der Waals surface area contributed by atoms with Gasteiger partial charge in [-0.2, -0.15) is 0 Å². The van der Waals surface area contributed by atoms with E-state index in [9.17, 15) is 4.39 Å². The number of benzene rings is 1. The Balaban J connectivity index is 2.23. The molecule has 0 saturated carbocycles. The van der Waals surface area contributed by atoms with E-state index in [0.29, 0.717) is 6.42 Å². The molecule has 0 bridgehead atoms. The van der Waals surface area contributed by atoms with E-state index in [1.54, 1.807) is 17.4 Å². The number of halogens is 3. The molecule has 1 unspecified atom stereocenters. The van der Waals surface area contributed by atoms with Gasteiger partial charge in [-0.3, -0.25) is 0 Å². The first-order chi connectivity index (χ1) is 8.60. The van der Waals surface area contributed by atoms with Gasteiger partial charge in [0.2, 0.25) is 0 Å². The summed E-state index contributed by atoms with van der Waals surface area (Å²) in [7, 11) is 1.88. The molecule has 1 aromatic heterocycles. The Morgan fingerprint density at radius 2 is 2.22 bits per heavy atom. The van der Waals surface area contributed by atoms with Crippen LogP contribution in [0.4, 0.5) is 4.39 Å². The predicted molar refractivity (Wildman–Crippen MR) is 78.9 cm³/mol. The summed E-state index contributed by atoms with van der Waals surface area (Å²) in [5.74, 6) is -0.230. The molecular weight excluding hydrogens is 337 g/mol. The largest absolute Gasteiger partial charge is 0.312 e. The predicted octanol–water partition coefficient (Wildman–Crippen LogP) is 4.81. The van der Waals surface area contributed by atoms with Crippen LogP contribution >= 0.6 is 38.9 Å². The summed E-state index contributed by atoms with van der Waals surface area (Å²) in [6, 6.07) is 6.92. The molecule has 0 radical (unpaired) electrons. The Morgan fingerprint density at radius 3 is 2.78 bits per heavy atom. The van der Waals surface area contributed by atoms with E-state index in [1.807, 2.05) is 24.6 Å². The van der Waals surface area contributed by atoms with Crippen LogP contribution in [0.5, 0.6) is 0 Å². The van der Waals surface area contributed by atoms with Gasteiger partial charge < -0.3 is 5.32 Å². The SMILES string of the molecule is CNC(Cc1cc(F)cc(Br)c1)c1sccc1Cl. The first-order valence-corrected chi connectivity index (χ1v) is 7.50. The summed E-state index contributed by atoms with van der Waals surface area (Å²) in [6.07, 6.45) is 0.701. The van der Waals surface area contributed by atoms with Crippen LogP contribution in [0.2, 0.25) is 5.02 Å². The quantitative estimate of drug-likeness (QED) is 0.836. The van der Waals surface area contributed by atoms with E-state index in [-0.39, 0.29) is 11.9 Å². The molecule has 5 heteroatoms. The van der Waals surface area contributed by atoms with Gasteiger partial charge in [0, 0.05) is 15.4 Å². The molecule has 96 valence electrons. The highest BCUT2D eigenvalue weighted by Gasteiger charge is 2.15. The summed E-state index contributed by atoms with van der Waals surface area (Å²) < 4.78 is 14.1. The van der Waals surface area contributed by atoms with Crippen LogP contribution in [0.25, 0.3) is 0 Å². The van der Waals surface area contributed by atoms with Gasteiger partial charge in [-0.25, -0.2) is 4.39 Å². The monoisotopic (exact) mass is 347 g/mol. The average Bonchev–Trinajstić information content (AvgIpc) is 2.71. The zero-order valence-electron chi connectivity index (χ0n) is 9.71. The van der Waals surface area contributed by atoms with Gasteiger partial charge in [-0.05, 0) is 48.7 Å². The third-order valence-electron chi connectivity index (χ3n) is 2.67. The highest BCUT2D eigenvalue weighted by Crippen LogP contribution is 2.31. The second-order valence-electron chi connectivity index (χ2n) is 3.96. The number of hydrogen-bond donors (Lipinski definition) is 1. The van der Waals surface area contributed by atoms with Crippen molar-refractivity contribution < 1.29 is 4.39 Å². The number of nitrogens with one attached hydrogen (secondary N) is 1. The van der Waals surface area contributed by atoms with Gasteiger partial charge in [0.05, 0.1) is 5.02 Å². The van der Waals surface area contributed by atoms with Crippen LogP contribution < -0.4 is 5.32 Å². The Bertz CT molecular complexity index is 523. The molecule has 0 amide bonds. The van der Waals surface area contributed by atoms with Gasteiger partial charge in [-0.1, -0.05) is 27.5 Å². The Hall–Kier alpha value is -0.420. The standard InChI is InChI=1S/C13H12BrClFNS/c1-17-12(13-11(15)2-3-18-13)6-8-4-9(14)7-10(16)5-8/h2-5,7,12,17H,6H2,1H3. The van der Waals surface area contributed by atoms with E-state index in [4.69, 9.17) is 11.6 Å². The molecule has 1 atom stereocenters. The lowest BCUT2D eigenvalue weighted by Crippen LogP contribution is -2.18. The second-order valence-corrected chi connectivity index (χ2v) is 6.23. The molecule has 0 fully saturated rings. The first-order valence-electron chi connectivity index (χ1n) is 5.45. The molecule has 0 aliphatic rings. The van der Waals surface area contributed by atoms with E-state index < -0.39 is 0 Å². The lowest BCUT2D eigenvalue weighted by molar-refractivity contribution is 0.591. The molecule has 1 aromatic carbocycles. The van der Waals surface area contributed by atoms with Crippen LogP contribution in [0.1, 0.15) is 16.5 Å². The molecule has 2 rings (SSSR count). The zero-order chi connectivity index (χ0) is 13.1. The van der Waals surface area contributed by atoms with E-state index in [0.717, 1.165) is 19.9 Å². The Kier molecular flexibility index (Phi) is 4.78. The fraction of sp³-hybridized carbons (Fsp3) is 0.231. The van der Waals surface area contributed by atoms with E-state index >= 15 is 0 Å². The van der Waals surface area contributed by atoms with Gasteiger partial charge in [-0.15, -0.1) is 11.3 Å². The fourth-order valence-corrected chi connectivity index (χ4v) is 3.66. The third kappa shape index (κ3) is 3.32. The molecule has 0 aliphatic carbocycles. The molecule has 1 N–H and O–H groups in total. The van der Waals surface area contributed by atoms with Gasteiger partial charge in [0.15, 0.2) is 0 Å². The molecule has 0 aliphatic heterocycles. The number of thiophene rings is 1. The zero-order valence-corrected chi connectivity index (χ0v) is 12.9. The highest BCUT2D eigenvalue weighted by molar-refractivity contribution is 9.10. The van der Waals surface area contributed by atoms with Crippen molar-refractivity contribution in [3.05, 3.63) is 55.4 Å². The Morgan fingerprint density at radius 1 is 1.44 bits per heavy atom. The first kappa shape index (κ1) is 14.0. The van der Waals surface area contributed by atoms with Crippen LogP contribution in [-0.2, 0) is 6.42 Å². The van der Waals surface area contributed by atoms with Crippen LogP contribution in [-0.4, -0.2) is 7.05 Å². The van der Waals surface area contributed by atoms with Crippen molar-refractivity contribution in [1.29, 1.82) is 0 Å². The second kappa shape index (κ2) is 6.15. The molecule has 2 aromatic rings. The van der Waals surface area contributed by atoms with Crippen molar-refractivity contribution in [1.82, 2.24) is 5.32 Å². The minimum atomic E-state index is -0.230. The number of hydrogen-bond acceptors (Lipinski definition) is 2. The van der Waals surface area contributed by atoms with Gasteiger partial charge in [0.1, 0.15) is 5.82 Å².